The first-order chi connectivity index (χ1) is 7.34. The molecule has 2 heteroatoms. The van der Waals surface area contributed by atoms with Crippen LogP contribution in [-0.4, -0.2) is 25.7 Å². The van der Waals surface area contributed by atoms with Crippen molar-refractivity contribution in [1.29, 1.82) is 0 Å². The molecular weight excluding hydrogens is 184 g/mol. The third-order valence-corrected chi connectivity index (χ3v) is 4.17. The lowest BCUT2D eigenvalue weighted by Gasteiger charge is -2.30. The maximum atomic E-state index is 3.78. The number of hydrogen-bond acceptors (Lipinski definition) is 2. The highest BCUT2D eigenvalue weighted by Gasteiger charge is 2.19. The fourth-order valence-electron chi connectivity index (χ4n) is 2.88. The van der Waals surface area contributed by atoms with Gasteiger partial charge in [0, 0.05) is 6.04 Å². The number of piperidine rings is 1. The average molecular weight is 210 g/mol. The minimum atomic E-state index is 0.830. The molecule has 2 rings (SSSR count). The van der Waals surface area contributed by atoms with Gasteiger partial charge in [0.1, 0.15) is 0 Å². The predicted octanol–water partition coefficient (Wildman–Crippen LogP) is 2.15. The van der Waals surface area contributed by atoms with E-state index >= 15 is 0 Å². The SMILES string of the molecule is CC1CCC(NCC2CCNCC2)CC1. The highest BCUT2D eigenvalue weighted by molar-refractivity contribution is 4.78. The summed E-state index contributed by atoms with van der Waals surface area (Å²) < 4.78 is 0. The lowest BCUT2D eigenvalue weighted by molar-refractivity contribution is 0.278. The second-order valence-corrected chi connectivity index (χ2v) is 5.56. The van der Waals surface area contributed by atoms with Crippen LogP contribution >= 0.6 is 0 Å². The molecule has 2 aliphatic rings. The fraction of sp³-hybridized carbons (Fsp3) is 1.00. The van der Waals surface area contributed by atoms with Gasteiger partial charge in [-0.3, -0.25) is 0 Å². The second-order valence-electron chi connectivity index (χ2n) is 5.56. The lowest BCUT2D eigenvalue weighted by Crippen LogP contribution is -2.39. The first-order valence-corrected chi connectivity index (χ1v) is 6.78. The first-order valence-electron chi connectivity index (χ1n) is 6.78. The topological polar surface area (TPSA) is 24.1 Å². The van der Waals surface area contributed by atoms with Gasteiger partial charge in [0.15, 0.2) is 0 Å². The molecule has 88 valence electrons. The van der Waals surface area contributed by atoms with Crippen molar-refractivity contribution in [2.75, 3.05) is 19.6 Å². The third kappa shape index (κ3) is 3.76. The summed E-state index contributed by atoms with van der Waals surface area (Å²) >= 11 is 0. The van der Waals surface area contributed by atoms with Crippen molar-refractivity contribution in [3.8, 4) is 0 Å². The molecule has 1 aliphatic carbocycles. The molecule has 1 saturated carbocycles. The summed E-state index contributed by atoms with van der Waals surface area (Å²) in [5.41, 5.74) is 0. The molecular formula is C13H26N2. The van der Waals surface area contributed by atoms with E-state index in [-0.39, 0.29) is 0 Å². The third-order valence-electron chi connectivity index (χ3n) is 4.17. The van der Waals surface area contributed by atoms with Gasteiger partial charge in [-0.15, -0.1) is 0 Å². The highest BCUT2D eigenvalue weighted by atomic mass is 14.9. The summed E-state index contributed by atoms with van der Waals surface area (Å²) in [5.74, 6) is 1.91. The molecule has 0 aromatic carbocycles. The number of rotatable bonds is 3. The number of hydrogen-bond donors (Lipinski definition) is 2. The van der Waals surface area contributed by atoms with Crippen LogP contribution in [0.15, 0.2) is 0 Å². The molecule has 0 unspecified atom stereocenters. The minimum Gasteiger partial charge on any atom is -0.317 e. The number of nitrogens with one attached hydrogen (secondary N) is 2. The zero-order chi connectivity index (χ0) is 10.5. The van der Waals surface area contributed by atoms with E-state index in [9.17, 15) is 0 Å². The van der Waals surface area contributed by atoms with Crippen molar-refractivity contribution in [2.24, 2.45) is 11.8 Å². The molecule has 0 atom stereocenters. The van der Waals surface area contributed by atoms with E-state index in [4.69, 9.17) is 0 Å². The molecule has 1 saturated heterocycles. The van der Waals surface area contributed by atoms with Crippen LogP contribution in [0.5, 0.6) is 0 Å². The van der Waals surface area contributed by atoms with E-state index in [1.54, 1.807) is 0 Å². The van der Waals surface area contributed by atoms with Gasteiger partial charge in [-0.1, -0.05) is 6.92 Å². The van der Waals surface area contributed by atoms with Gasteiger partial charge < -0.3 is 10.6 Å². The fourth-order valence-corrected chi connectivity index (χ4v) is 2.88. The largest absolute Gasteiger partial charge is 0.317 e. The van der Waals surface area contributed by atoms with E-state index in [1.165, 1.54) is 58.2 Å². The normalized spacial score (nSPS) is 34.2. The Hall–Kier alpha value is -0.0800. The zero-order valence-corrected chi connectivity index (χ0v) is 10.1. The van der Waals surface area contributed by atoms with E-state index in [2.05, 4.69) is 17.6 Å². The Morgan fingerprint density at radius 2 is 1.67 bits per heavy atom. The van der Waals surface area contributed by atoms with Gasteiger partial charge in [-0.05, 0) is 70.0 Å². The summed E-state index contributed by atoms with van der Waals surface area (Å²) in [5, 5.41) is 7.21. The Balaban J connectivity index is 1.60. The monoisotopic (exact) mass is 210 g/mol. The molecule has 0 radical (unpaired) electrons. The molecule has 2 N–H and O–H groups in total. The maximum Gasteiger partial charge on any atom is 0.00673 e. The van der Waals surface area contributed by atoms with Gasteiger partial charge in [0.25, 0.3) is 0 Å². The van der Waals surface area contributed by atoms with Crippen LogP contribution in [0.3, 0.4) is 0 Å². The van der Waals surface area contributed by atoms with Crippen LogP contribution in [-0.2, 0) is 0 Å². The molecule has 2 fully saturated rings. The van der Waals surface area contributed by atoms with Crippen LogP contribution in [0.2, 0.25) is 0 Å². The Kier molecular flexibility index (Phi) is 4.45. The Morgan fingerprint density at radius 3 is 2.33 bits per heavy atom. The van der Waals surface area contributed by atoms with Gasteiger partial charge in [0.05, 0.1) is 0 Å². The van der Waals surface area contributed by atoms with Crippen LogP contribution in [0.1, 0.15) is 45.4 Å². The van der Waals surface area contributed by atoms with E-state index < -0.39 is 0 Å². The molecule has 0 aromatic rings. The van der Waals surface area contributed by atoms with E-state index in [0.717, 1.165) is 17.9 Å². The summed E-state index contributed by atoms with van der Waals surface area (Å²) in [4.78, 5) is 0. The van der Waals surface area contributed by atoms with Crippen LogP contribution in [0.4, 0.5) is 0 Å². The van der Waals surface area contributed by atoms with Crippen LogP contribution in [0.25, 0.3) is 0 Å². The molecule has 15 heavy (non-hydrogen) atoms. The van der Waals surface area contributed by atoms with E-state index in [0.29, 0.717) is 0 Å². The Morgan fingerprint density at radius 1 is 1.00 bits per heavy atom. The molecule has 0 spiro atoms. The van der Waals surface area contributed by atoms with Crippen molar-refractivity contribution in [3.05, 3.63) is 0 Å². The average Bonchev–Trinajstić information content (AvgIpc) is 2.30. The van der Waals surface area contributed by atoms with Crippen LogP contribution in [0, 0.1) is 11.8 Å². The standard InChI is InChI=1S/C13H26N2/c1-11-2-4-13(5-3-11)15-10-12-6-8-14-9-7-12/h11-15H,2-10H2,1H3. The van der Waals surface area contributed by atoms with Crippen molar-refractivity contribution in [2.45, 2.75) is 51.5 Å². The lowest BCUT2D eigenvalue weighted by atomic mass is 9.87. The summed E-state index contributed by atoms with van der Waals surface area (Å²) in [6.45, 7) is 6.12. The van der Waals surface area contributed by atoms with Crippen molar-refractivity contribution >= 4 is 0 Å². The predicted molar refractivity (Wildman–Crippen MR) is 65.0 cm³/mol. The smallest absolute Gasteiger partial charge is 0.00673 e. The van der Waals surface area contributed by atoms with Crippen molar-refractivity contribution < 1.29 is 0 Å². The Labute approximate surface area is 94.2 Å². The van der Waals surface area contributed by atoms with Gasteiger partial charge >= 0.3 is 0 Å². The van der Waals surface area contributed by atoms with Crippen LogP contribution < -0.4 is 10.6 Å². The minimum absolute atomic E-state index is 0.830. The molecule has 1 aliphatic heterocycles. The highest BCUT2D eigenvalue weighted by Crippen LogP contribution is 2.23. The molecule has 2 nitrogen and oxygen atoms in total. The summed E-state index contributed by atoms with van der Waals surface area (Å²) in [7, 11) is 0. The van der Waals surface area contributed by atoms with Gasteiger partial charge in [0.2, 0.25) is 0 Å². The summed E-state index contributed by atoms with van der Waals surface area (Å²) in [6.07, 6.45) is 8.43. The Bertz CT molecular complexity index is 167. The second kappa shape index (κ2) is 5.86. The van der Waals surface area contributed by atoms with E-state index in [1.807, 2.05) is 0 Å². The van der Waals surface area contributed by atoms with Gasteiger partial charge in [-0.2, -0.15) is 0 Å². The van der Waals surface area contributed by atoms with Gasteiger partial charge in [-0.25, -0.2) is 0 Å². The molecule has 0 amide bonds. The molecule has 1 heterocycles. The first kappa shape index (κ1) is 11.4. The molecule has 0 bridgehead atoms. The van der Waals surface area contributed by atoms with Crippen molar-refractivity contribution in [3.63, 3.8) is 0 Å². The molecule has 0 aromatic heterocycles. The summed E-state index contributed by atoms with van der Waals surface area (Å²) in [6, 6.07) is 0.830. The van der Waals surface area contributed by atoms with Crippen molar-refractivity contribution in [1.82, 2.24) is 10.6 Å². The maximum absolute atomic E-state index is 3.78. The quantitative estimate of drug-likeness (QED) is 0.746. The zero-order valence-electron chi connectivity index (χ0n) is 10.1.